The highest BCUT2D eigenvalue weighted by Crippen LogP contribution is 2.33. The summed E-state index contributed by atoms with van der Waals surface area (Å²) in [5.41, 5.74) is 0. The third-order valence-electron chi connectivity index (χ3n) is 2.06. The van der Waals surface area contributed by atoms with Gasteiger partial charge in [-0.15, -0.1) is 0 Å². The Labute approximate surface area is 96.7 Å². The van der Waals surface area contributed by atoms with E-state index in [2.05, 4.69) is 43.4 Å². The molecule has 0 N–H and O–H groups in total. The van der Waals surface area contributed by atoms with Crippen molar-refractivity contribution < 1.29 is 0 Å². The average molecular weight is 245 g/mol. The molecule has 0 heterocycles. The molecule has 0 fully saturated rings. The van der Waals surface area contributed by atoms with E-state index in [1.807, 2.05) is 12.1 Å². The Morgan fingerprint density at radius 1 is 1.21 bits per heavy atom. The molecule has 1 aromatic rings. The lowest BCUT2D eigenvalue weighted by atomic mass is 10.4. The zero-order chi connectivity index (χ0) is 10.6. The molecular formula is C11H17ClSSi. The van der Waals surface area contributed by atoms with E-state index in [4.69, 9.17) is 11.6 Å². The van der Waals surface area contributed by atoms with Crippen LogP contribution in [0.25, 0.3) is 0 Å². The molecule has 0 atom stereocenters. The van der Waals surface area contributed by atoms with Gasteiger partial charge in [0.2, 0.25) is 0 Å². The maximum atomic E-state index is 5.85. The molecule has 78 valence electrons. The lowest BCUT2D eigenvalue weighted by molar-refractivity contribution is 1.06. The second kappa shape index (κ2) is 5.24. The van der Waals surface area contributed by atoms with Crippen LogP contribution in [0.4, 0.5) is 0 Å². The standard InChI is InChI=1S/C11H17ClSSi/c1-4-9-14(2,3)13-11-7-5-10(12)6-8-11/h5-8H,4,9H2,1-3H3. The number of hydrogen-bond acceptors (Lipinski definition) is 1. The average Bonchev–Trinajstić information content (AvgIpc) is 2.08. The van der Waals surface area contributed by atoms with Crippen LogP contribution in [0, 0.1) is 0 Å². The molecule has 3 heteroatoms. The van der Waals surface area contributed by atoms with Gasteiger partial charge in [-0.3, -0.25) is 0 Å². The molecule has 14 heavy (non-hydrogen) atoms. The van der Waals surface area contributed by atoms with Gasteiger partial charge >= 0.3 is 0 Å². The van der Waals surface area contributed by atoms with E-state index in [0.717, 1.165) is 5.02 Å². The quantitative estimate of drug-likeness (QED) is 0.669. The van der Waals surface area contributed by atoms with Crippen molar-refractivity contribution in [1.82, 2.24) is 0 Å². The monoisotopic (exact) mass is 244 g/mol. The van der Waals surface area contributed by atoms with Crippen molar-refractivity contribution in [3.63, 3.8) is 0 Å². The van der Waals surface area contributed by atoms with Crippen LogP contribution in [-0.4, -0.2) is 7.22 Å². The third kappa shape index (κ3) is 4.07. The number of hydrogen-bond donors (Lipinski definition) is 0. The first-order chi connectivity index (χ1) is 6.53. The molecule has 0 saturated heterocycles. The Balaban J connectivity index is 2.64. The molecule has 1 rings (SSSR count). The van der Waals surface area contributed by atoms with Crippen LogP contribution in [0.3, 0.4) is 0 Å². The molecule has 1 aromatic carbocycles. The van der Waals surface area contributed by atoms with Gasteiger partial charge in [-0.1, -0.05) is 38.0 Å². The summed E-state index contributed by atoms with van der Waals surface area (Å²) in [5.74, 6) is 0. The largest absolute Gasteiger partial charge is 0.151 e. The smallest absolute Gasteiger partial charge is 0.117 e. The highest BCUT2D eigenvalue weighted by molar-refractivity contribution is 8.28. The summed E-state index contributed by atoms with van der Waals surface area (Å²) < 4.78 is 0. The molecule has 0 bridgehead atoms. The minimum absolute atomic E-state index is 0.823. The Hall–Kier alpha value is 0.0769. The van der Waals surface area contributed by atoms with Gasteiger partial charge in [-0.05, 0) is 30.3 Å². The topological polar surface area (TPSA) is 0 Å². The maximum absolute atomic E-state index is 5.85. The first-order valence-corrected chi connectivity index (χ1v) is 10.1. The SMILES string of the molecule is CCC[Si](C)(C)Sc1ccc(Cl)cc1. The van der Waals surface area contributed by atoms with Crippen molar-refractivity contribution >= 4 is 30.0 Å². The van der Waals surface area contributed by atoms with Gasteiger partial charge in [0.25, 0.3) is 0 Å². The summed E-state index contributed by atoms with van der Waals surface area (Å²) in [6.07, 6.45) is 1.29. The van der Waals surface area contributed by atoms with Gasteiger partial charge in [-0.2, -0.15) is 11.2 Å². The first-order valence-electron chi connectivity index (χ1n) is 4.98. The predicted molar refractivity (Wildman–Crippen MR) is 69.9 cm³/mol. The summed E-state index contributed by atoms with van der Waals surface area (Å²) in [6, 6.07) is 9.57. The molecule has 0 aliphatic heterocycles. The molecule has 0 nitrogen and oxygen atoms in total. The fourth-order valence-electron chi connectivity index (χ4n) is 1.47. The predicted octanol–water partition coefficient (Wildman–Crippen LogP) is 5.05. The Morgan fingerprint density at radius 2 is 1.79 bits per heavy atom. The number of benzene rings is 1. The van der Waals surface area contributed by atoms with Crippen LogP contribution in [-0.2, 0) is 0 Å². The van der Waals surface area contributed by atoms with E-state index in [1.54, 1.807) is 0 Å². The Kier molecular flexibility index (Phi) is 4.55. The zero-order valence-corrected chi connectivity index (χ0v) is 11.6. The molecule has 0 radical (unpaired) electrons. The van der Waals surface area contributed by atoms with Gasteiger partial charge < -0.3 is 0 Å². The third-order valence-corrected chi connectivity index (χ3v) is 8.05. The molecule has 0 saturated carbocycles. The van der Waals surface area contributed by atoms with Crippen LogP contribution >= 0.6 is 22.8 Å². The van der Waals surface area contributed by atoms with E-state index in [0.29, 0.717) is 0 Å². The van der Waals surface area contributed by atoms with Crippen molar-refractivity contribution in [1.29, 1.82) is 0 Å². The highest BCUT2D eigenvalue weighted by Gasteiger charge is 2.20. The zero-order valence-electron chi connectivity index (χ0n) is 9.01. The minimum Gasteiger partial charge on any atom is -0.151 e. The van der Waals surface area contributed by atoms with E-state index in [9.17, 15) is 0 Å². The van der Waals surface area contributed by atoms with Gasteiger partial charge in [-0.25, -0.2) is 0 Å². The number of rotatable bonds is 4. The van der Waals surface area contributed by atoms with Crippen molar-refractivity contribution in [3.8, 4) is 0 Å². The first kappa shape index (κ1) is 12.1. The van der Waals surface area contributed by atoms with E-state index < -0.39 is 7.22 Å². The Bertz CT molecular complexity index is 282. The lowest BCUT2D eigenvalue weighted by Gasteiger charge is -2.20. The fraction of sp³-hybridized carbons (Fsp3) is 0.455. The highest BCUT2D eigenvalue weighted by atomic mass is 35.5. The summed E-state index contributed by atoms with van der Waals surface area (Å²) in [6.45, 7) is 7.11. The molecule has 0 aliphatic carbocycles. The second-order valence-corrected chi connectivity index (χ2v) is 13.1. The van der Waals surface area contributed by atoms with Crippen molar-refractivity contribution in [3.05, 3.63) is 29.3 Å². The summed E-state index contributed by atoms with van der Waals surface area (Å²) in [5, 5.41) is 0.823. The molecular weight excluding hydrogens is 228 g/mol. The van der Waals surface area contributed by atoms with E-state index in [1.165, 1.54) is 17.4 Å². The molecule has 0 aromatic heterocycles. The molecule has 0 unspecified atom stereocenters. The van der Waals surface area contributed by atoms with Gasteiger partial charge in [0.1, 0.15) is 7.22 Å². The normalized spacial score (nSPS) is 11.7. The van der Waals surface area contributed by atoms with Gasteiger partial charge in [0.05, 0.1) is 0 Å². The summed E-state index contributed by atoms with van der Waals surface area (Å²) >= 11 is 7.91. The van der Waals surface area contributed by atoms with Crippen LogP contribution in [0.15, 0.2) is 29.2 Å². The maximum Gasteiger partial charge on any atom is 0.117 e. The minimum atomic E-state index is -1.09. The molecule has 0 spiro atoms. The number of halogens is 1. The fourth-order valence-corrected chi connectivity index (χ4v) is 7.06. The lowest BCUT2D eigenvalue weighted by Crippen LogP contribution is -2.19. The summed E-state index contributed by atoms with van der Waals surface area (Å²) in [7, 11) is -1.09. The molecule has 0 aliphatic rings. The van der Waals surface area contributed by atoms with Gasteiger partial charge in [0, 0.05) is 9.92 Å². The summed E-state index contributed by atoms with van der Waals surface area (Å²) in [4.78, 5) is 1.36. The van der Waals surface area contributed by atoms with Crippen molar-refractivity contribution in [2.24, 2.45) is 0 Å². The van der Waals surface area contributed by atoms with Crippen LogP contribution in [0.1, 0.15) is 13.3 Å². The van der Waals surface area contributed by atoms with Gasteiger partial charge in [0.15, 0.2) is 0 Å². The van der Waals surface area contributed by atoms with Crippen LogP contribution in [0.2, 0.25) is 24.2 Å². The van der Waals surface area contributed by atoms with Crippen molar-refractivity contribution in [2.75, 3.05) is 0 Å². The van der Waals surface area contributed by atoms with Crippen molar-refractivity contribution in [2.45, 2.75) is 37.4 Å². The van der Waals surface area contributed by atoms with E-state index in [-0.39, 0.29) is 0 Å². The van der Waals surface area contributed by atoms with E-state index >= 15 is 0 Å². The molecule has 0 amide bonds. The van der Waals surface area contributed by atoms with Crippen LogP contribution < -0.4 is 0 Å². The second-order valence-electron chi connectivity index (χ2n) is 4.07. The van der Waals surface area contributed by atoms with Crippen LogP contribution in [0.5, 0.6) is 0 Å². The Morgan fingerprint density at radius 3 is 2.29 bits per heavy atom.